The van der Waals surface area contributed by atoms with E-state index in [-0.39, 0.29) is 12.1 Å². The summed E-state index contributed by atoms with van der Waals surface area (Å²) in [6, 6.07) is 7.49. The topological polar surface area (TPSA) is 47.3 Å². The molecule has 4 heteroatoms. The molecule has 14 heavy (non-hydrogen) atoms. The second kappa shape index (κ2) is 5.32. The summed E-state index contributed by atoms with van der Waals surface area (Å²) in [4.78, 5) is 0. The van der Waals surface area contributed by atoms with Crippen LogP contribution >= 0.6 is 11.6 Å². The van der Waals surface area contributed by atoms with Gasteiger partial charge >= 0.3 is 0 Å². The van der Waals surface area contributed by atoms with Crippen LogP contribution in [0.15, 0.2) is 24.3 Å². The summed E-state index contributed by atoms with van der Waals surface area (Å²) in [5.74, 6) is 5.46. The van der Waals surface area contributed by atoms with Crippen molar-refractivity contribution in [3.05, 3.63) is 34.9 Å². The van der Waals surface area contributed by atoms with Gasteiger partial charge in [0.25, 0.3) is 0 Å². The third-order valence-electron chi connectivity index (χ3n) is 2.26. The van der Waals surface area contributed by atoms with Crippen molar-refractivity contribution in [1.29, 1.82) is 0 Å². The minimum atomic E-state index is -0.0892. The van der Waals surface area contributed by atoms with Crippen LogP contribution in [0, 0.1) is 0 Å². The number of hydrogen-bond acceptors (Lipinski definition) is 3. The highest BCUT2D eigenvalue weighted by Gasteiger charge is 2.19. The molecular weight excluding hydrogens is 200 g/mol. The smallest absolute Gasteiger partial charge is 0.0751 e. The molecule has 0 radical (unpaired) electrons. The van der Waals surface area contributed by atoms with Crippen molar-refractivity contribution < 1.29 is 4.74 Å². The monoisotopic (exact) mass is 214 g/mol. The van der Waals surface area contributed by atoms with Gasteiger partial charge in [0.05, 0.1) is 12.1 Å². The summed E-state index contributed by atoms with van der Waals surface area (Å²) < 4.78 is 5.21. The second-order valence-corrected chi connectivity index (χ2v) is 3.51. The molecule has 3 N–H and O–H groups in total. The lowest BCUT2D eigenvalue weighted by molar-refractivity contribution is 0.0831. The summed E-state index contributed by atoms with van der Waals surface area (Å²) in [5.41, 5.74) is 3.65. The average Bonchev–Trinajstić information content (AvgIpc) is 2.21. The molecule has 1 aromatic carbocycles. The van der Waals surface area contributed by atoms with E-state index in [1.165, 1.54) is 0 Å². The van der Waals surface area contributed by atoms with Gasteiger partial charge in [-0.25, -0.2) is 0 Å². The van der Waals surface area contributed by atoms with Crippen molar-refractivity contribution in [2.75, 3.05) is 7.11 Å². The minimum Gasteiger partial charge on any atom is -0.380 e. The zero-order chi connectivity index (χ0) is 10.6. The fourth-order valence-electron chi connectivity index (χ4n) is 1.34. The average molecular weight is 215 g/mol. The van der Waals surface area contributed by atoms with E-state index in [0.29, 0.717) is 5.02 Å². The van der Waals surface area contributed by atoms with E-state index in [1.54, 1.807) is 7.11 Å². The standard InChI is InChI=1S/C10H15ClN2O/c1-7(14-2)10(13-12)8-5-3-4-6-9(8)11/h3-7,10,13H,12H2,1-2H3. The second-order valence-electron chi connectivity index (χ2n) is 3.11. The Morgan fingerprint density at radius 1 is 1.43 bits per heavy atom. The van der Waals surface area contributed by atoms with Gasteiger partial charge in [0.1, 0.15) is 0 Å². The summed E-state index contributed by atoms with van der Waals surface area (Å²) in [5, 5.41) is 0.694. The van der Waals surface area contributed by atoms with E-state index >= 15 is 0 Å². The molecule has 0 aliphatic heterocycles. The summed E-state index contributed by atoms with van der Waals surface area (Å²) in [7, 11) is 1.64. The summed E-state index contributed by atoms with van der Waals surface area (Å²) in [6.07, 6.45) is -0.0279. The number of hydrogen-bond donors (Lipinski definition) is 2. The van der Waals surface area contributed by atoms with Gasteiger partial charge in [0.15, 0.2) is 0 Å². The fraction of sp³-hybridized carbons (Fsp3) is 0.400. The molecule has 0 aliphatic carbocycles. The van der Waals surface area contributed by atoms with Crippen molar-refractivity contribution in [2.45, 2.75) is 19.1 Å². The van der Waals surface area contributed by atoms with Crippen LogP contribution in [-0.4, -0.2) is 13.2 Å². The third-order valence-corrected chi connectivity index (χ3v) is 2.61. The van der Waals surface area contributed by atoms with Gasteiger partial charge in [-0.2, -0.15) is 0 Å². The quantitative estimate of drug-likeness (QED) is 0.594. The Labute approximate surface area is 89.2 Å². The number of ether oxygens (including phenoxy) is 1. The highest BCUT2D eigenvalue weighted by atomic mass is 35.5. The number of rotatable bonds is 4. The van der Waals surface area contributed by atoms with Gasteiger partial charge in [-0.15, -0.1) is 0 Å². The molecule has 0 saturated heterocycles. The van der Waals surface area contributed by atoms with Crippen molar-refractivity contribution >= 4 is 11.6 Å². The van der Waals surface area contributed by atoms with Gasteiger partial charge in [0, 0.05) is 12.1 Å². The molecule has 1 aromatic rings. The van der Waals surface area contributed by atoms with Crippen LogP contribution in [0.5, 0.6) is 0 Å². The van der Waals surface area contributed by atoms with E-state index < -0.39 is 0 Å². The molecule has 0 saturated carbocycles. The Bertz CT molecular complexity index is 293. The van der Waals surface area contributed by atoms with Gasteiger partial charge in [-0.05, 0) is 18.6 Å². The van der Waals surface area contributed by atoms with Gasteiger partial charge in [-0.1, -0.05) is 29.8 Å². The van der Waals surface area contributed by atoms with Gasteiger partial charge < -0.3 is 4.74 Å². The van der Waals surface area contributed by atoms with E-state index in [0.717, 1.165) is 5.56 Å². The van der Waals surface area contributed by atoms with E-state index in [9.17, 15) is 0 Å². The first-order chi connectivity index (χ1) is 6.70. The molecule has 78 valence electrons. The van der Waals surface area contributed by atoms with E-state index in [2.05, 4.69) is 5.43 Å². The van der Waals surface area contributed by atoms with Crippen LogP contribution < -0.4 is 11.3 Å². The molecule has 0 bridgehead atoms. The number of nitrogens with two attached hydrogens (primary N) is 1. The van der Waals surface area contributed by atoms with Crippen molar-refractivity contribution in [3.63, 3.8) is 0 Å². The maximum Gasteiger partial charge on any atom is 0.0751 e. The van der Waals surface area contributed by atoms with Crippen LogP contribution in [0.4, 0.5) is 0 Å². The maximum atomic E-state index is 6.05. The van der Waals surface area contributed by atoms with E-state index in [1.807, 2.05) is 31.2 Å². The molecule has 1 rings (SSSR count). The lowest BCUT2D eigenvalue weighted by Gasteiger charge is -2.23. The van der Waals surface area contributed by atoms with Gasteiger partial charge in [0.2, 0.25) is 0 Å². The molecule has 0 aliphatic rings. The Morgan fingerprint density at radius 3 is 2.57 bits per heavy atom. The zero-order valence-corrected chi connectivity index (χ0v) is 9.08. The normalized spacial score (nSPS) is 15.1. The molecule has 0 fully saturated rings. The van der Waals surface area contributed by atoms with Crippen LogP contribution in [0.3, 0.4) is 0 Å². The predicted octanol–water partition coefficient (Wildman–Crippen LogP) is 1.88. The zero-order valence-electron chi connectivity index (χ0n) is 8.33. The molecule has 3 nitrogen and oxygen atoms in total. The lowest BCUT2D eigenvalue weighted by atomic mass is 10.0. The Balaban J connectivity index is 2.94. The molecule has 0 spiro atoms. The molecule has 2 unspecified atom stereocenters. The van der Waals surface area contributed by atoms with Crippen LogP contribution in [-0.2, 0) is 4.74 Å². The number of halogens is 1. The highest BCUT2D eigenvalue weighted by molar-refractivity contribution is 6.31. The SMILES string of the molecule is COC(C)C(NN)c1ccccc1Cl. The van der Waals surface area contributed by atoms with E-state index in [4.69, 9.17) is 22.2 Å². The first kappa shape index (κ1) is 11.5. The maximum absolute atomic E-state index is 6.05. The molecule has 0 aromatic heterocycles. The number of nitrogens with one attached hydrogen (secondary N) is 1. The van der Waals surface area contributed by atoms with Crippen molar-refractivity contribution in [2.24, 2.45) is 5.84 Å². The van der Waals surface area contributed by atoms with Crippen LogP contribution in [0.1, 0.15) is 18.5 Å². The summed E-state index contributed by atoms with van der Waals surface area (Å²) >= 11 is 6.05. The van der Waals surface area contributed by atoms with Gasteiger partial charge in [-0.3, -0.25) is 11.3 Å². The lowest BCUT2D eigenvalue weighted by Crippen LogP contribution is -2.36. The fourth-order valence-corrected chi connectivity index (χ4v) is 1.59. The highest BCUT2D eigenvalue weighted by Crippen LogP contribution is 2.25. The Morgan fingerprint density at radius 2 is 2.07 bits per heavy atom. The van der Waals surface area contributed by atoms with Crippen LogP contribution in [0.2, 0.25) is 5.02 Å². The summed E-state index contributed by atoms with van der Waals surface area (Å²) in [6.45, 7) is 1.94. The number of methoxy groups -OCH3 is 1. The molecule has 0 amide bonds. The number of benzene rings is 1. The molecule has 0 heterocycles. The predicted molar refractivity (Wildman–Crippen MR) is 58.0 cm³/mol. The largest absolute Gasteiger partial charge is 0.380 e. The minimum absolute atomic E-state index is 0.0279. The first-order valence-corrected chi connectivity index (χ1v) is 4.81. The van der Waals surface area contributed by atoms with Crippen molar-refractivity contribution in [1.82, 2.24) is 5.43 Å². The van der Waals surface area contributed by atoms with Crippen LogP contribution in [0.25, 0.3) is 0 Å². The third kappa shape index (κ3) is 2.45. The number of hydrazine groups is 1. The Hall–Kier alpha value is -0.610. The van der Waals surface area contributed by atoms with Crippen molar-refractivity contribution in [3.8, 4) is 0 Å². The Kier molecular flexibility index (Phi) is 4.35. The molecular formula is C10H15ClN2O. The molecule has 2 atom stereocenters. The first-order valence-electron chi connectivity index (χ1n) is 4.44.